The molecule has 1 aliphatic heterocycles. The molecule has 0 spiro atoms. The van der Waals surface area contributed by atoms with Gasteiger partial charge in [-0.3, -0.25) is 19.8 Å². The van der Waals surface area contributed by atoms with Gasteiger partial charge in [0.2, 0.25) is 5.91 Å². The standard InChI is InChI=1S/C19H17ClN4O3S/c20-12-7-8-15(24(26)27)14(10-12)21-18(25)11-23-9-3-5-16(23)19-22-13-4-1-2-6-17(13)28-19/h1-2,4,6-8,10,16H,3,5,9,11H2,(H,21,25)/t16-/m0/s1. The molecule has 0 bridgehead atoms. The molecule has 28 heavy (non-hydrogen) atoms. The van der Waals surface area contributed by atoms with Gasteiger partial charge in [-0.2, -0.15) is 0 Å². The van der Waals surface area contributed by atoms with Crippen molar-refractivity contribution in [2.24, 2.45) is 0 Å². The second-order valence-electron chi connectivity index (χ2n) is 6.62. The van der Waals surface area contributed by atoms with Gasteiger partial charge in [0.05, 0.1) is 27.7 Å². The number of aromatic nitrogens is 1. The number of benzene rings is 2. The maximum atomic E-state index is 12.6. The minimum absolute atomic E-state index is 0.0810. The lowest BCUT2D eigenvalue weighted by Crippen LogP contribution is -2.33. The normalized spacial score (nSPS) is 17.1. The molecule has 1 N–H and O–H groups in total. The number of nitrogens with zero attached hydrogens (tertiary/aromatic N) is 3. The number of fused-ring (bicyclic) bond motifs is 1. The summed E-state index contributed by atoms with van der Waals surface area (Å²) < 4.78 is 1.13. The zero-order valence-electron chi connectivity index (χ0n) is 14.8. The van der Waals surface area contributed by atoms with Crippen molar-refractivity contribution in [3.05, 3.63) is 62.6 Å². The number of nitro benzene ring substituents is 1. The van der Waals surface area contributed by atoms with Crippen molar-refractivity contribution in [3.8, 4) is 0 Å². The molecule has 2 aromatic carbocycles. The highest BCUT2D eigenvalue weighted by Crippen LogP contribution is 2.36. The van der Waals surface area contributed by atoms with Crippen LogP contribution in [0.3, 0.4) is 0 Å². The first-order chi connectivity index (χ1) is 13.5. The number of hydrogen-bond donors (Lipinski definition) is 1. The summed E-state index contributed by atoms with van der Waals surface area (Å²) in [6, 6.07) is 12.2. The molecule has 0 radical (unpaired) electrons. The van der Waals surface area contributed by atoms with Crippen LogP contribution in [0.25, 0.3) is 10.2 Å². The van der Waals surface area contributed by atoms with E-state index in [9.17, 15) is 14.9 Å². The molecule has 1 atom stereocenters. The summed E-state index contributed by atoms with van der Waals surface area (Å²) in [7, 11) is 0. The maximum Gasteiger partial charge on any atom is 0.292 e. The van der Waals surface area contributed by atoms with E-state index in [0.29, 0.717) is 5.02 Å². The Morgan fingerprint density at radius 1 is 1.36 bits per heavy atom. The number of hydrogen-bond acceptors (Lipinski definition) is 6. The van der Waals surface area contributed by atoms with Crippen LogP contribution in [0, 0.1) is 10.1 Å². The molecule has 0 unspecified atom stereocenters. The van der Waals surface area contributed by atoms with Gasteiger partial charge in [0.15, 0.2) is 0 Å². The van der Waals surface area contributed by atoms with Gasteiger partial charge in [-0.25, -0.2) is 4.98 Å². The molecule has 7 nitrogen and oxygen atoms in total. The molecule has 2 heterocycles. The van der Waals surface area contributed by atoms with E-state index in [1.165, 1.54) is 18.2 Å². The minimum atomic E-state index is -0.536. The molecule has 1 saturated heterocycles. The first kappa shape index (κ1) is 18.8. The van der Waals surface area contributed by atoms with E-state index in [0.717, 1.165) is 34.6 Å². The SMILES string of the molecule is O=C(CN1CCC[C@H]1c1nc2ccccc2s1)Nc1cc(Cl)ccc1[N+](=O)[O-]. The number of nitro groups is 1. The van der Waals surface area contributed by atoms with E-state index >= 15 is 0 Å². The van der Waals surface area contributed by atoms with Gasteiger partial charge < -0.3 is 5.32 Å². The number of nitrogens with one attached hydrogen (secondary N) is 1. The lowest BCUT2D eigenvalue weighted by molar-refractivity contribution is -0.383. The van der Waals surface area contributed by atoms with Crippen molar-refractivity contribution in [2.75, 3.05) is 18.4 Å². The summed E-state index contributed by atoms with van der Waals surface area (Å²) in [5.41, 5.74) is 0.897. The summed E-state index contributed by atoms with van der Waals surface area (Å²) in [4.78, 5) is 30.0. The van der Waals surface area contributed by atoms with E-state index in [4.69, 9.17) is 16.6 Å². The van der Waals surface area contributed by atoms with Crippen molar-refractivity contribution in [1.82, 2.24) is 9.88 Å². The maximum absolute atomic E-state index is 12.6. The molecule has 0 saturated carbocycles. The third-order valence-corrected chi connectivity index (χ3v) is 6.11. The quantitative estimate of drug-likeness (QED) is 0.483. The van der Waals surface area contributed by atoms with E-state index in [2.05, 4.69) is 10.2 Å². The number of carbonyl (C=O) groups excluding carboxylic acids is 1. The van der Waals surface area contributed by atoms with E-state index in [1.54, 1.807) is 11.3 Å². The van der Waals surface area contributed by atoms with Crippen LogP contribution in [0.15, 0.2) is 42.5 Å². The van der Waals surface area contributed by atoms with Crippen molar-refractivity contribution in [3.63, 3.8) is 0 Å². The van der Waals surface area contributed by atoms with Crippen molar-refractivity contribution >= 4 is 50.4 Å². The fourth-order valence-electron chi connectivity index (χ4n) is 3.47. The molecular formula is C19H17ClN4O3S. The molecular weight excluding hydrogens is 400 g/mol. The van der Waals surface area contributed by atoms with Crippen LogP contribution in [0.2, 0.25) is 5.02 Å². The molecule has 144 valence electrons. The Hall–Kier alpha value is -2.55. The molecule has 3 aromatic rings. The van der Waals surface area contributed by atoms with Gasteiger partial charge in [0.25, 0.3) is 5.69 Å². The Morgan fingerprint density at radius 2 is 2.18 bits per heavy atom. The second kappa shape index (κ2) is 7.83. The summed E-state index contributed by atoms with van der Waals surface area (Å²) in [5, 5.41) is 15.1. The molecule has 1 aromatic heterocycles. The van der Waals surface area contributed by atoms with Crippen LogP contribution in [-0.4, -0.2) is 33.8 Å². The third kappa shape index (κ3) is 3.84. The Labute approximate surface area is 170 Å². The Balaban J connectivity index is 1.49. The van der Waals surface area contributed by atoms with Crippen LogP contribution in [-0.2, 0) is 4.79 Å². The highest BCUT2D eigenvalue weighted by atomic mass is 35.5. The van der Waals surface area contributed by atoms with E-state index < -0.39 is 4.92 Å². The first-order valence-electron chi connectivity index (χ1n) is 8.84. The summed E-state index contributed by atoms with van der Waals surface area (Å²) in [6.45, 7) is 0.926. The topological polar surface area (TPSA) is 88.4 Å². The average Bonchev–Trinajstić information content (AvgIpc) is 3.27. The number of carbonyl (C=O) groups is 1. The van der Waals surface area contributed by atoms with Gasteiger partial charge in [0, 0.05) is 11.1 Å². The summed E-state index contributed by atoms with van der Waals surface area (Å²) in [6.07, 6.45) is 1.91. The largest absolute Gasteiger partial charge is 0.319 e. The molecule has 1 aliphatic rings. The van der Waals surface area contributed by atoms with E-state index in [1.807, 2.05) is 24.3 Å². The van der Waals surface area contributed by atoms with Gasteiger partial charge in [-0.05, 0) is 43.7 Å². The van der Waals surface area contributed by atoms with Gasteiger partial charge in [0.1, 0.15) is 10.7 Å². The predicted molar refractivity (Wildman–Crippen MR) is 110 cm³/mol. The zero-order chi connectivity index (χ0) is 19.7. The number of halogens is 1. The number of para-hydroxylation sites is 1. The number of likely N-dealkylation sites (tertiary alicyclic amines) is 1. The smallest absolute Gasteiger partial charge is 0.292 e. The number of amides is 1. The average molecular weight is 417 g/mol. The number of thiazole rings is 1. The van der Waals surface area contributed by atoms with Crippen LogP contribution in [0.5, 0.6) is 0 Å². The number of rotatable bonds is 5. The monoisotopic (exact) mass is 416 g/mol. The van der Waals surface area contributed by atoms with Crippen LogP contribution < -0.4 is 5.32 Å². The molecule has 1 fully saturated rings. The van der Waals surface area contributed by atoms with Crippen LogP contribution in [0.4, 0.5) is 11.4 Å². The highest BCUT2D eigenvalue weighted by Gasteiger charge is 2.30. The zero-order valence-corrected chi connectivity index (χ0v) is 16.4. The van der Waals surface area contributed by atoms with E-state index in [-0.39, 0.29) is 29.9 Å². The van der Waals surface area contributed by atoms with Gasteiger partial charge in [-0.15, -0.1) is 11.3 Å². The lowest BCUT2D eigenvalue weighted by atomic mass is 10.2. The number of anilines is 1. The second-order valence-corrected chi connectivity index (χ2v) is 8.11. The fourth-order valence-corrected chi connectivity index (χ4v) is 4.78. The molecule has 1 amide bonds. The minimum Gasteiger partial charge on any atom is -0.319 e. The van der Waals surface area contributed by atoms with Crippen molar-refractivity contribution in [2.45, 2.75) is 18.9 Å². The lowest BCUT2D eigenvalue weighted by Gasteiger charge is -2.22. The van der Waals surface area contributed by atoms with Crippen molar-refractivity contribution in [1.29, 1.82) is 0 Å². The molecule has 9 heteroatoms. The van der Waals surface area contributed by atoms with Gasteiger partial charge in [-0.1, -0.05) is 23.7 Å². The third-order valence-electron chi connectivity index (χ3n) is 4.74. The Bertz CT molecular complexity index is 1020. The van der Waals surface area contributed by atoms with Crippen LogP contribution in [0.1, 0.15) is 23.9 Å². The molecule has 0 aliphatic carbocycles. The van der Waals surface area contributed by atoms with Crippen LogP contribution >= 0.6 is 22.9 Å². The summed E-state index contributed by atoms with van der Waals surface area (Å²) in [5.74, 6) is -0.307. The Kier molecular flexibility index (Phi) is 5.25. The predicted octanol–water partition coefficient (Wildman–Crippen LogP) is 4.63. The molecule has 4 rings (SSSR count). The highest BCUT2D eigenvalue weighted by molar-refractivity contribution is 7.18. The fraction of sp³-hybridized carbons (Fsp3) is 0.263. The first-order valence-corrected chi connectivity index (χ1v) is 10.0. The van der Waals surface area contributed by atoms with Crippen molar-refractivity contribution < 1.29 is 9.72 Å². The Morgan fingerprint density at radius 3 is 2.96 bits per heavy atom. The van der Waals surface area contributed by atoms with Gasteiger partial charge >= 0.3 is 0 Å². The summed E-state index contributed by atoms with van der Waals surface area (Å²) >= 11 is 7.57.